The Morgan fingerprint density at radius 3 is 2.55 bits per heavy atom. The molecule has 22 heavy (non-hydrogen) atoms. The first-order chi connectivity index (χ1) is 10.7. The summed E-state index contributed by atoms with van der Waals surface area (Å²) in [4.78, 5) is 13.5. The molecule has 0 saturated heterocycles. The third kappa shape index (κ3) is 4.08. The molecule has 2 saturated carbocycles. The fourth-order valence-electron chi connectivity index (χ4n) is 3.68. The molecule has 2 aliphatic carbocycles. The summed E-state index contributed by atoms with van der Waals surface area (Å²) in [5, 5.41) is 12.2. The maximum absolute atomic E-state index is 10.9. The number of carbonyl (C=O) groups is 1. The van der Waals surface area contributed by atoms with E-state index >= 15 is 0 Å². The van der Waals surface area contributed by atoms with E-state index in [-0.39, 0.29) is 6.54 Å². The molecule has 1 aromatic rings. The molecule has 2 aliphatic rings. The maximum Gasteiger partial charge on any atom is 0.317 e. The number of carboxylic acids is 1. The number of aliphatic carboxylic acids is 1. The van der Waals surface area contributed by atoms with Crippen LogP contribution in [0, 0.1) is 0 Å². The summed E-state index contributed by atoms with van der Waals surface area (Å²) in [5.74, 6) is -0.759. The van der Waals surface area contributed by atoms with Crippen LogP contribution >= 0.6 is 0 Å². The molecular weight excluding hydrogens is 276 g/mol. The Hall–Kier alpha value is -1.39. The molecule has 120 valence electrons. The third-order valence-corrected chi connectivity index (χ3v) is 4.89. The van der Waals surface area contributed by atoms with Crippen LogP contribution in [0.5, 0.6) is 0 Å². The van der Waals surface area contributed by atoms with Gasteiger partial charge in [-0.25, -0.2) is 0 Å². The molecular formula is C18H26N2O2. The van der Waals surface area contributed by atoms with Gasteiger partial charge in [-0.15, -0.1) is 0 Å². The van der Waals surface area contributed by atoms with Crippen molar-refractivity contribution in [2.24, 2.45) is 0 Å². The SMILES string of the molecule is O=C(O)CN[C@H]1CCCC[C@H]1N(Cc1ccccc1)C1CC1. The molecule has 0 bridgehead atoms. The van der Waals surface area contributed by atoms with Crippen molar-refractivity contribution < 1.29 is 9.90 Å². The average molecular weight is 302 g/mol. The molecule has 0 radical (unpaired) electrons. The molecule has 0 aliphatic heterocycles. The van der Waals surface area contributed by atoms with Crippen LogP contribution in [0.2, 0.25) is 0 Å². The monoisotopic (exact) mass is 302 g/mol. The van der Waals surface area contributed by atoms with Crippen molar-refractivity contribution in [3.63, 3.8) is 0 Å². The summed E-state index contributed by atoms with van der Waals surface area (Å²) >= 11 is 0. The van der Waals surface area contributed by atoms with Crippen LogP contribution in [-0.2, 0) is 11.3 Å². The summed E-state index contributed by atoms with van der Waals surface area (Å²) in [7, 11) is 0. The first-order valence-corrected chi connectivity index (χ1v) is 8.49. The standard InChI is InChI=1S/C18H26N2O2/c21-18(22)12-19-16-8-4-5-9-17(16)20(15-10-11-15)13-14-6-2-1-3-7-14/h1-3,6-7,15-17,19H,4-5,8-13H2,(H,21,22)/t16-,17+/m0/s1. The summed E-state index contributed by atoms with van der Waals surface area (Å²) in [6, 6.07) is 12.1. The lowest BCUT2D eigenvalue weighted by Crippen LogP contribution is -2.53. The Balaban J connectivity index is 1.69. The van der Waals surface area contributed by atoms with Crippen LogP contribution in [0.3, 0.4) is 0 Å². The number of benzene rings is 1. The zero-order valence-electron chi connectivity index (χ0n) is 13.1. The van der Waals surface area contributed by atoms with Crippen LogP contribution in [0.15, 0.2) is 30.3 Å². The number of rotatable bonds is 7. The van der Waals surface area contributed by atoms with E-state index in [0.717, 1.165) is 13.0 Å². The van der Waals surface area contributed by atoms with Crippen molar-refractivity contribution in [3.8, 4) is 0 Å². The molecule has 4 nitrogen and oxygen atoms in total. The minimum absolute atomic E-state index is 0.0744. The molecule has 0 aromatic heterocycles. The van der Waals surface area contributed by atoms with Gasteiger partial charge in [0.05, 0.1) is 6.54 Å². The highest BCUT2D eigenvalue weighted by molar-refractivity contribution is 5.69. The van der Waals surface area contributed by atoms with E-state index in [1.807, 2.05) is 0 Å². The van der Waals surface area contributed by atoms with Gasteiger partial charge in [0, 0.05) is 24.7 Å². The maximum atomic E-state index is 10.9. The molecule has 0 amide bonds. The van der Waals surface area contributed by atoms with Gasteiger partial charge in [0.15, 0.2) is 0 Å². The third-order valence-electron chi connectivity index (χ3n) is 4.89. The van der Waals surface area contributed by atoms with Crippen molar-refractivity contribution in [2.45, 2.75) is 63.2 Å². The largest absolute Gasteiger partial charge is 0.480 e. The smallest absolute Gasteiger partial charge is 0.317 e. The minimum Gasteiger partial charge on any atom is -0.480 e. The first-order valence-electron chi connectivity index (χ1n) is 8.49. The number of nitrogens with zero attached hydrogens (tertiary/aromatic N) is 1. The molecule has 4 heteroatoms. The second-order valence-corrected chi connectivity index (χ2v) is 6.62. The van der Waals surface area contributed by atoms with E-state index in [2.05, 4.69) is 40.5 Å². The summed E-state index contributed by atoms with van der Waals surface area (Å²) < 4.78 is 0. The molecule has 0 spiro atoms. The predicted molar refractivity (Wildman–Crippen MR) is 86.7 cm³/mol. The van der Waals surface area contributed by atoms with Crippen molar-refractivity contribution in [3.05, 3.63) is 35.9 Å². The van der Waals surface area contributed by atoms with E-state index < -0.39 is 5.97 Å². The van der Waals surface area contributed by atoms with Crippen molar-refractivity contribution in [1.82, 2.24) is 10.2 Å². The van der Waals surface area contributed by atoms with Crippen molar-refractivity contribution in [2.75, 3.05) is 6.54 Å². The van der Waals surface area contributed by atoms with Crippen LogP contribution in [0.4, 0.5) is 0 Å². The second-order valence-electron chi connectivity index (χ2n) is 6.62. The highest BCUT2D eigenvalue weighted by Gasteiger charge is 2.38. The quantitative estimate of drug-likeness (QED) is 0.813. The normalized spacial score (nSPS) is 25.3. The summed E-state index contributed by atoms with van der Waals surface area (Å²) in [6.07, 6.45) is 7.31. The highest BCUT2D eigenvalue weighted by atomic mass is 16.4. The fraction of sp³-hybridized carbons (Fsp3) is 0.611. The Kier molecular flexibility index (Phi) is 5.11. The lowest BCUT2D eigenvalue weighted by atomic mass is 9.88. The number of carboxylic acid groups (broad SMARTS) is 1. The Bertz CT molecular complexity index is 487. The molecule has 0 unspecified atom stereocenters. The Morgan fingerprint density at radius 1 is 1.14 bits per heavy atom. The molecule has 3 rings (SSSR count). The zero-order chi connectivity index (χ0) is 15.4. The van der Waals surface area contributed by atoms with Gasteiger partial charge >= 0.3 is 5.97 Å². The van der Waals surface area contributed by atoms with E-state index in [9.17, 15) is 4.79 Å². The molecule has 2 fully saturated rings. The van der Waals surface area contributed by atoms with Gasteiger partial charge < -0.3 is 10.4 Å². The van der Waals surface area contributed by atoms with E-state index in [1.165, 1.54) is 37.7 Å². The lowest BCUT2D eigenvalue weighted by Gasteiger charge is -2.40. The number of nitrogens with one attached hydrogen (secondary N) is 1. The fourth-order valence-corrected chi connectivity index (χ4v) is 3.68. The highest BCUT2D eigenvalue weighted by Crippen LogP contribution is 2.35. The van der Waals surface area contributed by atoms with Gasteiger partial charge in [0.25, 0.3) is 0 Å². The predicted octanol–water partition coefficient (Wildman–Crippen LogP) is 2.64. The molecule has 0 heterocycles. The van der Waals surface area contributed by atoms with Gasteiger partial charge in [-0.3, -0.25) is 9.69 Å². The molecule has 2 atom stereocenters. The second kappa shape index (κ2) is 7.25. The van der Waals surface area contributed by atoms with Gasteiger partial charge in [-0.05, 0) is 31.2 Å². The zero-order valence-corrected chi connectivity index (χ0v) is 13.1. The number of hydrogen-bond acceptors (Lipinski definition) is 3. The van der Waals surface area contributed by atoms with Gasteiger partial charge in [-0.1, -0.05) is 43.2 Å². The van der Waals surface area contributed by atoms with Crippen LogP contribution in [0.25, 0.3) is 0 Å². The minimum atomic E-state index is -0.759. The molecule has 1 aromatic carbocycles. The average Bonchev–Trinajstić information content (AvgIpc) is 3.37. The first kappa shape index (κ1) is 15.5. The Morgan fingerprint density at radius 2 is 1.86 bits per heavy atom. The Labute approximate surface area is 132 Å². The van der Waals surface area contributed by atoms with Gasteiger partial charge in [0.2, 0.25) is 0 Å². The van der Waals surface area contributed by atoms with Gasteiger partial charge in [0.1, 0.15) is 0 Å². The van der Waals surface area contributed by atoms with Crippen molar-refractivity contribution in [1.29, 1.82) is 0 Å². The van der Waals surface area contributed by atoms with E-state index in [1.54, 1.807) is 0 Å². The lowest BCUT2D eigenvalue weighted by molar-refractivity contribution is -0.136. The van der Waals surface area contributed by atoms with Crippen molar-refractivity contribution >= 4 is 5.97 Å². The molecule has 2 N–H and O–H groups in total. The van der Waals surface area contributed by atoms with Crippen LogP contribution in [0.1, 0.15) is 44.1 Å². The van der Waals surface area contributed by atoms with E-state index in [4.69, 9.17) is 5.11 Å². The summed E-state index contributed by atoms with van der Waals surface area (Å²) in [6.45, 7) is 1.06. The summed E-state index contributed by atoms with van der Waals surface area (Å²) in [5.41, 5.74) is 1.36. The van der Waals surface area contributed by atoms with E-state index in [0.29, 0.717) is 18.1 Å². The van der Waals surface area contributed by atoms with Crippen LogP contribution in [-0.4, -0.2) is 40.6 Å². The topological polar surface area (TPSA) is 52.6 Å². The van der Waals surface area contributed by atoms with Crippen LogP contribution < -0.4 is 5.32 Å². The van der Waals surface area contributed by atoms with Gasteiger partial charge in [-0.2, -0.15) is 0 Å². The number of hydrogen-bond donors (Lipinski definition) is 2.